The summed E-state index contributed by atoms with van der Waals surface area (Å²) in [7, 11) is 0. The molecular weight excluding hydrogens is 371 g/mol. The highest BCUT2D eigenvalue weighted by Gasteiger charge is 2.61. The molecule has 1 N–H and O–H groups in total. The minimum Gasteiger partial charge on any atom is -0.691 e. The van der Waals surface area contributed by atoms with Crippen molar-refractivity contribution in [3.63, 3.8) is 0 Å². The van der Waals surface area contributed by atoms with Gasteiger partial charge < -0.3 is 15.1 Å². The summed E-state index contributed by atoms with van der Waals surface area (Å²) in [5, 5.41) is 16.2. The van der Waals surface area contributed by atoms with E-state index >= 15 is 0 Å². The van der Waals surface area contributed by atoms with Crippen LogP contribution < -0.4 is 5.26 Å². The number of esters is 1. The van der Waals surface area contributed by atoms with E-state index in [1.54, 1.807) is 0 Å². The molecule has 3 atom stereocenters. The molecule has 0 aromatic carbocycles. The van der Waals surface area contributed by atoms with Crippen molar-refractivity contribution in [2.75, 3.05) is 0 Å². The summed E-state index contributed by atoms with van der Waals surface area (Å²) in [6.45, 7) is 0. The lowest BCUT2D eigenvalue weighted by Gasteiger charge is -2.31. The van der Waals surface area contributed by atoms with E-state index in [-0.39, 0.29) is 12.8 Å². The van der Waals surface area contributed by atoms with Gasteiger partial charge in [-0.05, 0) is 12.8 Å². The van der Waals surface area contributed by atoms with Crippen LogP contribution in [0.15, 0.2) is 0 Å². The highest BCUT2D eigenvalue weighted by molar-refractivity contribution is 7.95. The van der Waals surface area contributed by atoms with Gasteiger partial charge in [0.1, 0.15) is 12.0 Å². The first-order valence-corrected chi connectivity index (χ1v) is 7.27. The predicted octanol–water partition coefficient (Wildman–Crippen LogP) is 1.82. The van der Waals surface area contributed by atoms with Crippen molar-refractivity contribution in [1.29, 1.82) is 0 Å². The van der Waals surface area contributed by atoms with E-state index in [4.69, 9.17) is 5.11 Å². The number of hydrogen-bond acceptors (Lipinski definition) is 7. The molecule has 1 saturated carbocycles. The maximum Gasteiger partial charge on any atom is 0.432 e. The molecule has 0 saturated heterocycles. The second-order valence-corrected chi connectivity index (χ2v) is 5.82. The topological polar surface area (TPSA) is 105 Å². The van der Waals surface area contributed by atoms with Gasteiger partial charge in [-0.15, -0.1) is 0 Å². The zero-order chi connectivity index (χ0) is 18.5. The molecule has 0 spiro atoms. The summed E-state index contributed by atoms with van der Waals surface area (Å²) < 4.78 is 72.3. The number of hydrogen-bond donors (Lipinski definition) is 1. The molecule has 1 fully saturated rings. The summed E-state index contributed by atoms with van der Waals surface area (Å²) in [6, 6.07) is 0. The Bertz CT molecular complexity index is 459. The smallest absolute Gasteiger partial charge is 0.432 e. The van der Waals surface area contributed by atoms with Crippen LogP contribution in [-0.4, -0.2) is 34.6 Å². The molecule has 3 unspecified atom stereocenters. The van der Waals surface area contributed by atoms with Crippen molar-refractivity contribution in [3.05, 3.63) is 0 Å². The maximum absolute atomic E-state index is 13.5. The predicted molar refractivity (Wildman–Crippen MR) is 63.7 cm³/mol. The molecule has 24 heavy (non-hydrogen) atoms. The van der Waals surface area contributed by atoms with Crippen LogP contribution in [0.5, 0.6) is 0 Å². The summed E-state index contributed by atoms with van der Waals surface area (Å²) in [4.78, 5) is 22.9. The highest BCUT2D eigenvalue weighted by atomic mass is 32.2. The van der Waals surface area contributed by atoms with Gasteiger partial charge in [0.15, 0.2) is 0 Å². The molecule has 7 nitrogen and oxygen atoms in total. The van der Waals surface area contributed by atoms with Gasteiger partial charge in [0.05, 0.1) is 11.8 Å². The summed E-state index contributed by atoms with van der Waals surface area (Å²) in [5.41, 5.74) is 0. The van der Waals surface area contributed by atoms with E-state index in [1.165, 1.54) is 0 Å². The fourth-order valence-electron chi connectivity index (χ4n) is 2.34. The quantitative estimate of drug-likeness (QED) is 0.233. The Balaban J connectivity index is 2.93. The minimum absolute atomic E-state index is 0.0179. The number of carbonyl (C=O) groups is 2. The molecule has 1 rings (SSSR count). The molecular formula is C11H12F5O7S-. The molecule has 140 valence electrons. The third-order valence-electron chi connectivity index (χ3n) is 3.40. The molecule has 0 bridgehead atoms. The SMILES string of the molecule is O=C(O)C1CCCCC1C(=O)OC(C(F)(F)F)C(F)(F)SOO[O-]. The fraction of sp³-hybridized carbons (Fsp3) is 0.818. The Hall–Kier alpha value is -1.18. The minimum atomic E-state index is -5.69. The van der Waals surface area contributed by atoms with Gasteiger partial charge in [-0.25, -0.2) is 0 Å². The molecule has 0 aromatic rings. The molecule has 1 aliphatic carbocycles. The van der Waals surface area contributed by atoms with Gasteiger partial charge in [0.2, 0.25) is 0 Å². The van der Waals surface area contributed by atoms with Crippen LogP contribution in [0.1, 0.15) is 25.7 Å². The standard InChI is InChI=1S/C11H13F5O7S/c12-10(13,14)9(11(15,16)24-23-22-20)21-8(19)6-4-2-1-3-5(6)7(17)18/h5-6,9,20H,1-4H2,(H,17,18)/p-1. The molecule has 0 aliphatic heterocycles. The molecule has 0 heterocycles. The lowest BCUT2D eigenvalue weighted by molar-refractivity contribution is -0.777. The third-order valence-corrected chi connectivity index (χ3v) is 3.96. The number of ether oxygens (including phenoxy) is 1. The van der Waals surface area contributed by atoms with Gasteiger partial charge >= 0.3 is 23.4 Å². The first-order chi connectivity index (χ1) is 11.0. The summed E-state index contributed by atoms with van der Waals surface area (Å²) in [5.74, 6) is -5.92. The Morgan fingerprint density at radius 2 is 1.67 bits per heavy atom. The van der Waals surface area contributed by atoms with Crippen LogP contribution in [0.3, 0.4) is 0 Å². The van der Waals surface area contributed by atoms with Gasteiger partial charge in [0, 0.05) is 0 Å². The fourth-order valence-corrected chi connectivity index (χ4v) is 2.73. The Morgan fingerprint density at radius 1 is 1.12 bits per heavy atom. The number of carbonyl (C=O) groups excluding carboxylic acids is 1. The van der Waals surface area contributed by atoms with Gasteiger partial charge in [-0.1, -0.05) is 12.8 Å². The van der Waals surface area contributed by atoms with Crippen molar-refractivity contribution in [2.24, 2.45) is 11.8 Å². The van der Waals surface area contributed by atoms with Crippen LogP contribution in [-0.2, 0) is 23.7 Å². The maximum atomic E-state index is 13.5. The van der Waals surface area contributed by atoms with E-state index in [9.17, 15) is 36.8 Å². The highest BCUT2D eigenvalue weighted by Crippen LogP contribution is 2.43. The average molecular weight is 383 g/mol. The van der Waals surface area contributed by atoms with Crippen molar-refractivity contribution >= 4 is 24.0 Å². The summed E-state index contributed by atoms with van der Waals surface area (Å²) in [6.07, 6.45) is -8.92. The third kappa shape index (κ3) is 5.43. The first-order valence-electron chi connectivity index (χ1n) is 6.53. The van der Waals surface area contributed by atoms with Crippen LogP contribution in [0.2, 0.25) is 0 Å². The van der Waals surface area contributed by atoms with E-state index < -0.39 is 53.4 Å². The largest absolute Gasteiger partial charge is 0.691 e. The lowest BCUT2D eigenvalue weighted by Crippen LogP contribution is -2.48. The summed E-state index contributed by atoms with van der Waals surface area (Å²) >= 11 is -1.27. The van der Waals surface area contributed by atoms with Gasteiger partial charge in [0.25, 0.3) is 6.10 Å². The van der Waals surface area contributed by atoms with Crippen molar-refractivity contribution in [1.82, 2.24) is 0 Å². The number of rotatable bonds is 7. The number of carboxylic acid groups (broad SMARTS) is 1. The van der Waals surface area contributed by atoms with Crippen LogP contribution >= 0.6 is 12.0 Å². The normalized spacial score (nSPS) is 23.6. The molecule has 0 aromatic heterocycles. The van der Waals surface area contributed by atoms with E-state index in [1.807, 2.05) is 0 Å². The Kier molecular flexibility index (Phi) is 7.19. The number of alkyl halides is 5. The average Bonchev–Trinajstić information content (AvgIpc) is 2.49. The van der Waals surface area contributed by atoms with E-state index in [2.05, 4.69) is 14.1 Å². The van der Waals surface area contributed by atoms with Gasteiger partial charge in [-0.3, -0.25) is 14.6 Å². The number of aliphatic carboxylic acids is 1. The second-order valence-electron chi connectivity index (χ2n) is 4.98. The van der Waals surface area contributed by atoms with Crippen molar-refractivity contribution in [2.45, 2.75) is 43.2 Å². The molecule has 1 aliphatic rings. The monoisotopic (exact) mass is 383 g/mol. The zero-order valence-corrected chi connectivity index (χ0v) is 12.6. The zero-order valence-electron chi connectivity index (χ0n) is 11.8. The Morgan fingerprint density at radius 3 is 2.12 bits per heavy atom. The van der Waals surface area contributed by atoms with Crippen LogP contribution in [0.25, 0.3) is 0 Å². The van der Waals surface area contributed by atoms with Gasteiger partial charge in [-0.2, -0.15) is 26.3 Å². The molecule has 13 heteroatoms. The molecule has 0 amide bonds. The van der Waals surface area contributed by atoms with Crippen LogP contribution in [0, 0.1) is 11.8 Å². The lowest BCUT2D eigenvalue weighted by atomic mass is 9.79. The van der Waals surface area contributed by atoms with Crippen molar-refractivity contribution < 1.29 is 56.0 Å². The first kappa shape index (κ1) is 20.9. The second kappa shape index (κ2) is 8.27. The number of halogens is 5. The molecule has 0 radical (unpaired) electrons. The number of carboxylic acids is 1. The van der Waals surface area contributed by atoms with Crippen molar-refractivity contribution in [3.8, 4) is 0 Å². The Labute approximate surface area is 136 Å². The van der Waals surface area contributed by atoms with E-state index in [0.717, 1.165) is 0 Å². The van der Waals surface area contributed by atoms with Crippen LogP contribution in [0.4, 0.5) is 22.0 Å². The van der Waals surface area contributed by atoms with E-state index in [0.29, 0.717) is 12.8 Å².